The molecule has 1 aliphatic heterocycles. The molecule has 1 heterocycles. The minimum Gasteiger partial charge on any atom is -0.490 e. The zero-order valence-corrected chi connectivity index (χ0v) is 17.0. The van der Waals surface area contributed by atoms with Crippen LogP contribution in [0.5, 0.6) is 5.75 Å². The van der Waals surface area contributed by atoms with Crippen LogP contribution in [0, 0.1) is 0 Å². The third-order valence-electron chi connectivity index (χ3n) is 5.03. The van der Waals surface area contributed by atoms with Crippen molar-refractivity contribution in [1.29, 1.82) is 0 Å². The van der Waals surface area contributed by atoms with E-state index >= 15 is 0 Å². The van der Waals surface area contributed by atoms with E-state index in [1.165, 1.54) is 5.69 Å². The molecule has 0 bridgehead atoms. The number of ether oxygens (including phenoxy) is 1. The number of hydrogen-bond donors (Lipinski definition) is 1. The van der Waals surface area contributed by atoms with E-state index in [0.717, 1.165) is 30.9 Å². The molecular weight excluding hydrogens is 366 g/mol. The van der Waals surface area contributed by atoms with E-state index in [4.69, 9.17) is 4.74 Å². The number of rotatable bonds is 9. The normalized spacial score (nSPS) is 12.7. The highest BCUT2D eigenvalue weighted by atomic mass is 16.5. The predicted molar refractivity (Wildman–Crippen MR) is 115 cm³/mol. The second kappa shape index (κ2) is 10.5. The number of carbonyl (C=O) groups excluding carboxylic acids is 2. The molecule has 0 aromatic heterocycles. The van der Waals surface area contributed by atoms with Gasteiger partial charge in [-0.15, -0.1) is 0 Å². The average Bonchev–Trinajstić information content (AvgIpc) is 2.77. The minimum absolute atomic E-state index is 0.0443. The molecule has 1 aliphatic rings. The molecule has 0 aliphatic carbocycles. The number of carbonyl (C=O) groups is 2. The van der Waals surface area contributed by atoms with Gasteiger partial charge in [-0.05, 0) is 37.6 Å². The van der Waals surface area contributed by atoms with Crippen molar-refractivity contribution in [3.8, 4) is 5.75 Å². The van der Waals surface area contributed by atoms with Crippen molar-refractivity contribution in [3.63, 3.8) is 0 Å². The second-order valence-electron chi connectivity index (χ2n) is 6.98. The van der Waals surface area contributed by atoms with E-state index in [1.54, 1.807) is 4.90 Å². The molecule has 154 valence electrons. The lowest BCUT2D eigenvalue weighted by Gasteiger charge is -2.29. The molecule has 0 radical (unpaired) electrons. The van der Waals surface area contributed by atoms with Gasteiger partial charge >= 0.3 is 0 Å². The Kier molecular flexibility index (Phi) is 7.50. The lowest BCUT2D eigenvalue weighted by atomic mass is 10.2. The maximum atomic E-state index is 12.6. The lowest BCUT2D eigenvalue weighted by Crippen LogP contribution is -2.38. The Balaban J connectivity index is 1.38. The Labute approximate surface area is 172 Å². The largest absolute Gasteiger partial charge is 0.490 e. The smallest absolute Gasteiger partial charge is 0.227 e. The number of para-hydroxylation sites is 3. The van der Waals surface area contributed by atoms with Gasteiger partial charge in [0.15, 0.2) is 0 Å². The first-order chi connectivity index (χ1) is 14.2. The quantitative estimate of drug-likeness (QED) is 0.662. The van der Waals surface area contributed by atoms with Crippen molar-refractivity contribution in [2.45, 2.75) is 26.2 Å². The van der Waals surface area contributed by atoms with Crippen LogP contribution in [0.25, 0.3) is 0 Å². The number of hydrogen-bond acceptors (Lipinski definition) is 4. The zero-order chi connectivity index (χ0) is 20.5. The van der Waals surface area contributed by atoms with Gasteiger partial charge in [0.05, 0.1) is 12.2 Å². The standard InChI is InChI=1S/C23H29N3O3/c1-2-25(19-9-4-3-5-10-19)16-8-15-24-22(27)13-14-23(28)26-17-18-29-21-12-7-6-11-20(21)26/h3-7,9-12H,2,8,13-18H2,1H3,(H,24,27). The highest BCUT2D eigenvalue weighted by Crippen LogP contribution is 2.31. The summed E-state index contributed by atoms with van der Waals surface area (Å²) in [5.41, 5.74) is 1.97. The maximum Gasteiger partial charge on any atom is 0.227 e. The van der Waals surface area contributed by atoms with Gasteiger partial charge in [0.1, 0.15) is 12.4 Å². The maximum absolute atomic E-state index is 12.6. The summed E-state index contributed by atoms with van der Waals surface area (Å²) < 4.78 is 5.58. The molecule has 2 amide bonds. The van der Waals surface area contributed by atoms with Crippen molar-refractivity contribution in [1.82, 2.24) is 5.32 Å². The van der Waals surface area contributed by atoms with E-state index < -0.39 is 0 Å². The van der Waals surface area contributed by atoms with Gasteiger partial charge in [0.2, 0.25) is 11.8 Å². The molecule has 0 atom stereocenters. The zero-order valence-electron chi connectivity index (χ0n) is 17.0. The molecule has 1 N–H and O–H groups in total. The van der Waals surface area contributed by atoms with Crippen LogP contribution in [0.3, 0.4) is 0 Å². The SMILES string of the molecule is CCN(CCCNC(=O)CCC(=O)N1CCOc2ccccc21)c1ccccc1. The second-order valence-corrected chi connectivity index (χ2v) is 6.98. The van der Waals surface area contributed by atoms with Crippen molar-refractivity contribution >= 4 is 23.2 Å². The highest BCUT2D eigenvalue weighted by molar-refractivity contribution is 5.97. The van der Waals surface area contributed by atoms with Crippen molar-refractivity contribution in [3.05, 3.63) is 54.6 Å². The Morgan fingerprint density at radius 3 is 2.62 bits per heavy atom. The van der Waals surface area contributed by atoms with Gasteiger partial charge < -0.3 is 19.9 Å². The lowest BCUT2D eigenvalue weighted by molar-refractivity contribution is -0.125. The number of nitrogens with one attached hydrogen (secondary N) is 1. The average molecular weight is 396 g/mol. The first-order valence-corrected chi connectivity index (χ1v) is 10.3. The first-order valence-electron chi connectivity index (χ1n) is 10.3. The van der Waals surface area contributed by atoms with Crippen LogP contribution in [-0.2, 0) is 9.59 Å². The first kappa shape index (κ1) is 20.7. The summed E-state index contributed by atoms with van der Waals surface area (Å²) in [5.74, 6) is 0.593. The summed E-state index contributed by atoms with van der Waals surface area (Å²) in [4.78, 5) is 28.7. The van der Waals surface area contributed by atoms with E-state index in [0.29, 0.717) is 19.7 Å². The minimum atomic E-state index is -0.0809. The third kappa shape index (κ3) is 5.73. The molecule has 2 aromatic rings. The van der Waals surface area contributed by atoms with Crippen LogP contribution in [0.4, 0.5) is 11.4 Å². The summed E-state index contributed by atoms with van der Waals surface area (Å²) in [5, 5.41) is 2.93. The molecule has 0 saturated carbocycles. The summed E-state index contributed by atoms with van der Waals surface area (Å²) >= 11 is 0. The fourth-order valence-electron chi connectivity index (χ4n) is 3.48. The molecule has 0 saturated heterocycles. The fourth-order valence-corrected chi connectivity index (χ4v) is 3.48. The molecule has 6 heteroatoms. The summed E-state index contributed by atoms with van der Waals surface area (Å²) in [6, 6.07) is 17.8. The van der Waals surface area contributed by atoms with E-state index in [9.17, 15) is 9.59 Å². The number of amides is 2. The molecule has 2 aromatic carbocycles. The van der Waals surface area contributed by atoms with Gasteiger partial charge in [-0.1, -0.05) is 30.3 Å². The van der Waals surface area contributed by atoms with Crippen molar-refractivity contribution < 1.29 is 14.3 Å². The van der Waals surface area contributed by atoms with Crippen LogP contribution in [0.15, 0.2) is 54.6 Å². The number of benzene rings is 2. The van der Waals surface area contributed by atoms with Gasteiger partial charge in [-0.3, -0.25) is 9.59 Å². The Bertz CT molecular complexity index is 810. The van der Waals surface area contributed by atoms with Gasteiger partial charge in [0.25, 0.3) is 0 Å². The predicted octanol–water partition coefficient (Wildman–Crippen LogP) is 3.23. The molecule has 29 heavy (non-hydrogen) atoms. The van der Waals surface area contributed by atoms with Gasteiger partial charge in [-0.2, -0.15) is 0 Å². The van der Waals surface area contributed by atoms with E-state index in [2.05, 4.69) is 29.3 Å². The molecule has 0 unspecified atom stereocenters. The van der Waals surface area contributed by atoms with Crippen LogP contribution < -0.4 is 19.9 Å². The van der Waals surface area contributed by atoms with Crippen LogP contribution in [0.2, 0.25) is 0 Å². The molecule has 0 fully saturated rings. The Morgan fingerprint density at radius 2 is 1.83 bits per heavy atom. The van der Waals surface area contributed by atoms with Crippen LogP contribution >= 0.6 is 0 Å². The van der Waals surface area contributed by atoms with Crippen molar-refractivity contribution in [2.24, 2.45) is 0 Å². The fraction of sp³-hybridized carbons (Fsp3) is 0.391. The molecular formula is C23H29N3O3. The van der Waals surface area contributed by atoms with E-state index in [1.807, 2.05) is 42.5 Å². The van der Waals surface area contributed by atoms with Crippen LogP contribution in [0.1, 0.15) is 26.2 Å². The van der Waals surface area contributed by atoms with Crippen LogP contribution in [-0.4, -0.2) is 44.6 Å². The Hall–Kier alpha value is -3.02. The number of anilines is 2. The topological polar surface area (TPSA) is 61.9 Å². The molecule has 0 spiro atoms. The third-order valence-corrected chi connectivity index (χ3v) is 5.03. The highest BCUT2D eigenvalue weighted by Gasteiger charge is 2.23. The van der Waals surface area contributed by atoms with Gasteiger partial charge in [0, 0.05) is 38.2 Å². The van der Waals surface area contributed by atoms with Gasteiger partial charge in [-0.25, -0.2) is 0 Å². The summed E-state index contributed by atoms with van der Waals surface area (Å²) in [6.07, 6.45) is 1.26. The monoisotopic (exact) mass is 395 g/mol. The van der Waals surface area contributed by atoms with E-state index in [-0.39, 0.29) is 24.7 Å². The molecule has 3 rings (SSSR count). The summed E-state index contributed by atoms with van der Waals surface area (Å²) in [6.45, 7) is 5.53. The number of fused-ring (bicyclic) bond motifs is 1. The molecule has 6 nitrogen and oxygen atoms in total. The Morgan fingerprint density at radius 1 is 1.07 bits per heavy atom. The number of nitrogens with zero attached hydrogens (tertiary/aromatic N) is 2. The van der Waals surface area contributed by atoms with Crippen molar-refractivity contribution in [2.75, 3.05) is 42.6 Å². The summed E-state index contributed by atoms with van der Waals surface area (Å²) in [7, 11) is 0.